The number of para-hydroxylation sites is 1. The minimum atomic E-state index is -3.71. The van der Waals surface area contributed by atoms with Crippen molar-refractivity contribution in [3.8, 4) is 11.1 Å². The summed E-state index contributed by atoms with van der Waals surface area (Å²) in [5.41, 5.74) is 2.84. The van der Waals surface area contributed by atoms with Crippen molar-refractivity contribution in [1.82, 2.24) is 4.31 Å². The molecule has 1 fully saturated rings. The number of aryl methyl sites for hydroxylation is 1. The number of hydrogen-bond acceptors (Lipinski definition) is 4. The molecule has 2 N–H and O–H groups in total. The Hall–Kier alpha value is -3.10. The van der Waals surface area contributed by atoms with Crippen LogP contribution < -0.4 is 10.6 Å². The summed E-state index contributed by atoms with van der Waals surface area (Å²) in [6.07, 6.45) is 2.71. The van der Waals surface area contributed by atoms with Crippen molar-refractivity contribution in [3.05, 3.63) is 66.4 Å². The van der Waals surface area contributed by atoms with Gasteiger partial charge in [-0.1, -0.05) is 55.0 Å². The molecule has 2 heterocycles. The van der Waals surface area contributed by atoms with Gasteiger partial charge in [-0.3, -0.25) is 0 Å². The van der Waals surface area contributed by atoms with Crippen molar-refractivity contribution in [3.63, 3.8) is 0 Å². The Morgan fingerprint density at radius 1 is 0.903 bits per heavy atom. The highest BCUT2D eigenvalue weighted by Gasteiger charge is 2.30. The van der Waals surface area contributed by atoms with Crippen molar-refractivity contribution in [2.75, 3.05) is 23.7 Å². The van der Waals surface area contributed by atoms with E-state index in [2.05, 4.69) is 10.6 Å². The van der Waals surface area contributed by atoms with Gasteiger partial charge in [0.05, 0.1) is 11.4 Å². The minimum absolute atomic E-state index is 0.146. The van der Waals surface area contributed by atoms with Crippen LogP contribution in [-0.2, 0) is 10.0 Å². The van der Waals surface area contributed by atoms with Gasteiger partial charge in [0, 0.05) is 24.7 Å². The average Bonchev–Trinajstić information content (AvgIpc) is 3.16. The van der Waals surface area contributed by atoms with Crippen molar-refractivity contribution >= 4 is 27.4 Å². The third kappa shape index (κ3) is 4.65. The molecule has 1 aliphatic rings. The molecule has 0 unspecified atom stereocenters. The van der Waals surface area contributed by atoms with E-state index >= 15 is 0 Å². The number of carbonyl (C=O) groups excluding carboxylic acids is 1. The van der Waals surface area contributed by atoms with E-state index in [1.807, 2.05) is 54.6 Å². The molecule has 1 saturated heterocycles. The summed E-state index contributed by atoms with van der Waals surface area (Å²) in [6, 6.07) is 18.1. The van der Waals surface area contributed by atoms with Crippen LogP contribution in [0, 0.1) is 6.92 Å². The molecule has 8 heteroatoms. The number of amides is 2. The largest absolute Gasteiger partial charge is 0.446 e. The Morgan fingerprint density at radius 2 is 1.55 bits per heavy atom. The van der Waals surface area contributed by atoms with Crippen LogP contribution in [0.15, 0.2) is 70.2 Å². The van der Waals surface area contributed by atoms with Gasteiger partial charge in [0.2, 0.25) is 5.09 Å². The standard InChI is InChI=1S/C23H25N3O4S/c1-17-21(16-22(30-17)31(28,29)26-14-8-3-9-15-26)25-23(27)24-20-13-7-6-12-19(20)18-10-4-2-5-11-18/h2,4-7,10-13,16H,3,8-9,14-15H2,1H3,(H2,24,25,27). The Bertz CT molecular complexity index is 1170. The fourth-order valence-electron chi connectivity index (χ4n) is 3.68. The molecule has 162 valence electrons. The van der Waals surface area contributed by atoms with Crippen molar-refractivity contribution in [2.24, 2.45) is 0 Å². The quantitative estimate of drug-likeness (QED) is 0.580. The average molecular weight is 440 g/mol. The molecule has 4 rings (SSSR count). The number of piperidine rings is 1. The summed E-state index contributed by atoms with van der Waals surface area (Å²) in [6.45, 7) is 2.60. The molecule has 31 heavy (non-hydrogen) atoms. The molecule has 0 spiro atoms. The topological polar surface area (TPSA) is 91.7 Å². The van der Waals surface area contributed by atoms with E-state index in [1.165, 1.54) is 10.4 Å². The van der Waals surface area contributed by atoms with Gasteiger partial charge in [0.15, 0.2) is 0 Å². The summed E-state index contributed by atoms with van der Waals surface area (Å²) < 4.78 is 32.6. The lowest BCUT2D eigenvalue weighted by Gasteiger charge is -2.24. The fourth-order valence-corrected chi connectivity index (χ4v) is 5.17. The Labute approximate surface area is 182 Å². The molecule has 0 atom stereocenters. The molecule has 0 saturated carbocycles. The van der Waals surface area contributed by atoms with Gasteiger partial charge in [-0.05, 0) is 31.4 Å². The summed E-state index contributed by atoms with van der Waals surface area (Å²) in [4.78, 5) is 12.7. The highest BCUT2D eigenvalue weighted by Crippen LogP contribution is 2.30. The van der Waals surface area contributed by atoms with Crippen LogP contribution in [0.25, 0.3) is 11.1 Å². The summed E-state index contributed by atoms with van der Waals surface area (Å²) in [5.74, 6) is 0.335. The number of urea groups is 1. The van der Waals surface area contributed by atoms with Crippen LogP contribution in [0.4, 0.5) is 16.2 Å². The molecule has 0 aliphatic carbocycles. The van der Waals surface area contributed by atoms with Gasteiger partial charge >= 0.3 is 6.03 Å². The smallest absolute Gasteiger partial charge is 0.323 e. The zero-order valence-corrected chi connectivity index (χ0v) is 18.1. The number of nitrogens with zero attached hydrogens (tertiary/aromatic N) is 1. The van der Waals surface area contributed by atoms with Gasteiger partial charge < -0.3 is 15.1 Å². The number of hydrogen-bond donors (Lipinski definition) is 2. The molecule has 1 aromatic heterocycles. The normalized spacial score (nSPS) is 14.9. The maximum absolute atomic E-state index is 12.8. The van der Waals surface area contributed by atoms with Crippen LogP contribution in [0.3, 0.4) is 0 Å². The predicted molar refractivity (Wildman–Crippen MR) is 121 cm³/mol. The van der Waals surface area contributed by atoms with Gasteiger partial charge in [0.25, 0.3) is 10.0 Å². The zero-order valence-electron chi connectivity index (χ0n) is 17.3. The summed E-state index contributed by atoms with van der Waals surface area (Å²) in [7, 11) is -3.71. The fraction of sp³-hybridized carbons (Fsp3) is 0.261. The van der Waals surface area contributed by atoms with Crippen LogP contribution >= 0.6 is 0 Å². The molecular formula is C23H25N3O4S. The minimum Gasteiger partial charge on any atom is -0.446 e. The second kappa shape index (κ2) is 8.95. The number of benzene rings is 2. The Balaban J connectivity index is 1.51. The van der Waals surface area contributed by atoms with Crippen molar-refractivity contribution < 1.29 is 17.6 Å². The number of furan rings is 1. The molecular weight excluding hydrogens is 414 g/mol. The number of carbonyl (C=O) groups is 1. The molecule has 2 aromatic carbocycles. The first-order valence-electron chi connectivity index (χ1n) is 10.3. The predicted octanol–water partition coefficient (Wildman–Crippen LogP) is 5.07. The van der Waals surface area contributed by atoms with E-state index in [-0.39, 0.29) is 5.09 Å². The van der Waals surface area contributed by atoms with Gasteiger partial charge in [-0.15, -0.1) is 0 Å². The highest BCUT2D eigenvalue weighted by atomic mass is 32.2. The second-order valence-electron chi connectivity index (χ2n) is 7.49. The molecule has 0 radical (unpaired) electrons. The Kier molecular flexibility index (Phi) is 6.11. The van der Waals surface area contributed by atoms with Crippen molar-refractivity contribution in [2.45, 2.75) is 31.3 Å². The third-order valence-corrected chi connectivity index (χ3v) is 7.07. The maximum atomic E-state index is 12.8. The van der Waals surface area contributed by atoms with E-state index in [0.717, 1.165) is 30.4 Å². The maximum Gasteiger partial charge on any atom is 0.323 e. The molecule has 0 bridgehead atoms. The van der Waals surface area contributed by atoms with E-state index in [0.29, 0.717) is 30.2 Å². The molecule has 1 aliphatic heterocycles. The number of rotatable bonds is 5. The highest BCUT2D eigenvalue weighted by molar-refractivity contribution is 7.89. The van der Waals surface area contributed by atoms with Gasteiger partial charge in [-0.2, -0.15) is 4.31 Å². The van der Waals surface area contributed by atoms with Gasteiger partial charge in [-0.25, -0.2) is 13.2 Å². The third-order valence-electron chi connectivity index (χ3n) is 5.31. The van der Waals surface area contributed by atoms with E-state index in [9.17, 15) is 13.2 Å². The first kappa shape index (κ1) is 21.1. The summed E-state index contributed by atoms with van der Waals surface area (Å²) in [5, 5.41) is 5.40. The monoisotopic (exact) mass is 439 g/mol. The SMILES string of the molecule is Cc1oc(S(=O)(=O)N2CCCCC2)cc1NC(=O)Nc1ccccc1-c1ccccc1. The van der Waals surface area contributed by atoms with Crippen LogP contribution in [0.5, 0.6) is 0 Å². The summed E-state index contributed by atoms with van der Waals surface area (Å²) >= 11 is 0. The van der Waals surface area contributed by atoms with E-state index in [1.54, 1.807) is 6.92 Å². The van der Waals surface area contributed by atoms with Crippen molar-refractivity contribution in [1.29, 1.82) is 0 Å². The zero-order chi connectivity index (χ0) is 21.8. The van der Waals surface area contributed by atoms with Gasteiger partial charge in [0.1, 0.15) is 5.76 Å². The van der Waals surface area contributed by atoms with E-state index < -0.39 is 16.1 Å². The first-order valence-corrected chi connectivity index (χ1v) is 11.7. The van der Waals surface area contributed by atoms with Crippen LogP contribution in [-0.4, -0.2) is 31.8 Å². The molecule has 3 aromatic rings. The molecule has 7 nitrogen and oxygen atoms in total. The molecule has 2 amide bonds. The lowest BCUT2D eigenvalue weighted by atomic mass is 10.0. The Morgan fingerprint density at radius 3 is 2.29 bits per heavy atom. The van der Waals surface area contributed by atoms with E-state index in [4.69, 9.17) is 4.42 Å². The van der Waals surface area contributed by atoms with Crippen LogP contribution in [0.2, 0.25) is 0 Å². The lowest BCUT2D eigenvalue weighted by Crippen LogP contribution is -2.35. The van der Waals surface area contributed by atoms with Crippen LogP contribution in [0.1, 0.15) is 25.0 Å². The second-order valence-corrected chi connectivity index (χ2v) is 9.36. The lowest BCUT2D eigenvalue weighted by molar-refractivity contribution is 0.262. The number of nitrogens with one attached hydrogen (secondary N) is 2. The first-order chi connectivity index (χ1) is 14.9. The number of sulfonamides is 1. The number of anilines is 2.